The Labute approximate surface area is 169 Å². The Hall–Kier alpha value is -2.90. The van der Waals surface area contributed by atoms with Crippen molar-refractivity contribution in [3.05, 3.63) is 52.5 Å². The zero-order valence-electron chi connectivity index (χ0n) is 16.6. The number of nitrogens with one attached hydrogen (secondary N) is 2. The van der Waals surface area contributed by atoms with Gasteiger partial charge in [0.1, 0.15) is 12.4 Å². The van der Waals surface area contributed by atoms with Crippen LogP contribution in [0.15, 0.2) is 35.5 Å². The van der Waals surface area contributed by atoms with E-state index in [4.69, 9.17) is 0 Å². The monoisotopic (exact) mass is 397 g/mol. The standard InChI is InChI=1S/C21H27N5O3/c1-25-11-10-22-20(25)19(14-6-7-14)24-21(29)15-8-9-18(28)26(12-15)13-17(27)23-16-4-2-3-5-16/h8-12,14,16,19H,2-7,13H2,1H3,(H,23,27)(H,24,29)/t19-/m1/s1. The fourth-order valence-electron chi connectivity index (χ4n) is 4.01. The van der Waals surface area contributed by atoms with Crippen LogP contribution in [0.4, 0.5) is 0 Å². The summed E-state index contributed by atoms with van der Waals surface area (Å²) in [4.78, 5) is 41.7. The zero-order valence-corrected chi connectivity index (χ0v) is 16.6. The van der Waals surface area contributed by atoms with Gasteiger partial charge in [-0.2, -0.15) is 0 Å². The van der Waals surface area contributed by atoms with Crippen molar-refractivity contribution >= 4 is 11.8 Å². The number of hydrogen-bond acceptors (Lipinski definition) is 4. The molecule has 0 radical (unpaired) electrons. The van der Waals surface area contributed by atoms with E-state index in [0.29, 0.717) is 11.5 Å². The summed E-state index contributed by atoms with van der Waals surface area (Å²) < 4.78 is 3.21. The molecule has 2 aromatic rings. The van der Waals surface area contributed by atoms with E-state index < -0.39 is 0 Å². The highest BCUT2D eigenvalue weighted by Gasteiger charge is 2.36. The lowest BCUT2D eigenvalue weighted by Gasteiger charge is -2.18. The molecule has 2 aromatic heterocycles. The molecule has 0 aliphatic heterocycles. The molecule has 2 N–H and O–H groups in total. The smallest absolute Gasteiger partial charge is 0.253 e. The van der Waals surface area contributed by atoms with Crippen LogP contribution in [0.3, 0.4) is 0 Å². The summed E-state index contributed by atoms with van der Waals surface area (Å²) in [5.41, 5.74) is 0.0593. The van der Waals surface area contributed by atoms with Gasteiger partial charge in [-0.1, -0.05) is 12.8 Å². The molecule has 0 spiro atoms. The average Bonchev–Trinajstić information content (AvgIpc) is 3.25. The normalized spacial score (nSPS) is 17.8. The quantitative estimate of drug-likeness (QED) is 0.740. The first-order chi connectivity index (χ1) is 14.0. The Morgan fingerprint density at radius 2 is 1.97 bits per heavy atom. The van der Waals surface area contributed by atoms with Gasteiger partial charge in [0.15, 0.2) is 0 Å². The zero-order chi connectivity index (χ0) is 20.4. The van der Waals surface area contributed by atoms with Gasteiger partial charge in [-0.05, 0) is 37.7 Å². The highest BCUT2D eigenvalue weighted by Crippen LogP contribution is 2.40. The van der Waals surface area contributed by atoms with E-state index in [1.807, 2.05) is 17.8 Å². The molecule has 0 aromatic carbocycles. The van der Waals surface area contributed by atoms with Gasteiger partial charge in [0.25, 0.3) is 11.5 Å². The minimum absolute atomic E-state index is 0.0815. The molecule has 2 heterocycles. The summed E-state index contributed by atoms with van der Waals surface area (Å²) in [5.74, 6) is 0.739. The summed E-state index contributed by atoms with van der Waals surface area (Å²) >= 11 is 0. The Morgan fingerprint density at radius 3 is 2.62 bits per heavy atom. The van der Waals surface area contributed by atoms with Crippen molar-refractivity contribution < 1.29 is 9.59 Å². The highest BCUT2D eigenvalue weighted by atomic mass is 16.2. The number of aromatic nitrogens is 3. The van der Waals surface area contributed by atoms with Gasteiger partial charge in [0.2, 0.25) is 5.91 Å². The second kappa shape index (κ2) is 8.23. The lowest BCUT2D eigenvalue weighted by Crippen LogP contribution is -2.38. The van der Waals surface area contributed by atoms with Crippen LogP contribution in [0.25, 0.3) is 0 Å². The summed E-state index contributed by atoms with van der Waals surface area (Å²) in [6, 6.07) is 2.88. The number of imidazole rings is 1. The molecule has 2 aliphatic carbocycles. The van der Waals surface area contributed by atoms with Crippen LogP contribution in [0, 0.1) is 5.92 Å². The molecule has 0 unspecified atom stereocenters. The number of nitrogens with zero attached hydrogens (tertiary/aromatic N) is 3. The second-order valence-electron chi connectivity index (χ2n) is 8.12. The average molecular weight is 397 g/mol. The summed E-state index contributed by atoms with van der Waals surface area (Å²) in [7, 11) is 1.91. The third-order valence-corrected chi connectivity index (χ3v) is 5.80. The summed E-state index contributed by atoms with van der Waals surface area (Å²) in [6.45, 7) is -0.0815. The molecule has 154 valence electrons. The third kappa shape index (κ3) is 4.58. The molecule has 0 saturated heterocycles. The predicted octanol–water partition coefficient (Wildman–Crippen LogP) is 1.52. The van der Waals surface area contributed by atoms with Crippen molar-refractivity contribution in [1.82, 2.24) is 24.8 Å². The summed E-state index contributed by atoms with van der Waals surface area (Å²) in [5, 5.41) is 6.03. The predicted molar refractivity (Wildman–Crippen MR) is 107 cm³/mol. The lowest BCUT2D eigenvalue weighted by atomic mass is 10.1. The van der Waals surface area contributed by atoms with E-state index in [9.17, 15) is 14.4 Å². The van der Waals surface area contributed by atoms with E-state index in [1.54, 1.807) is 6.20 Å². The number of amides is 2. The molecular formula is C21H27N5O3. The minimum atomic E-state index is -0.300. The molecule has 2 saturated carbocycles. The molecule has 4 rings (SSSR count). The number of aryl methyl sites for hydroxylation is 1. The highest BCUT2D eigenvalue weighted by molar-refractivity contribution is 5.94. The second-order valence-corrected chi connectivity index (χ2v) is 8.12. The number of carbonyl (C=O) groups excluding carboxylic acids is 2. The van der Waals surface area contributed by atoms with Crippen molar-refractivity contribution in [1.29, 1.82) is 0 Å². The van der Waals surface area contributed by atoms with E-state index in [1.165, 1.54) is 22.9 Å². The van der Waals surface area contributed by atoms with Crippen LogP contribution >= 0.6 is 0 Å². The fourth-order valence-corrected chi connectivity index (χ4v) is 4.01. The van der Waals surface area contributed by atoms with Gasteiger partial charge in [-0.3, -0.25) is 14.4 Å². The third-order valence-electron chi connectivity index (χ3n) is 5.80. The van der Waals surface area contributed by atoms with Gasteiger partial charge < -0.3 is 19.8 Å². The van der Waals surface area contributed by atoms with Crippen LogP contribution < -0.4 is 16.2 Å². The molecule has 0 bridgehead atoms. The van der Waals surface area contributed by atoms with Gasteiger partial charge in [0, 0.05) is 37.7 Å². The summed E-state index contributed by atoms with van der Waals surface area (Å²) in [6.07, 6.45) is 11.4. The number of carbonyl (C=O) groups is 2. The van der Waals surface area contributed by atoms with E-state index in [-0.39, 0.29) is 36.0 Å². The van der Waals surface area contributed by atoms with Crippen molar-refractivity contribution in [3.63, 3.8) is 0 Å². The number of pyridine rings is 1. The SMILES string of the molecule is Cn1ccnc1[C@H](NC(=O)c1ccc(=O)n(CC(=O)NC2CCCC2)c1)C1CC1. The molecule has 1 atom stereocenters. The van der Waals surface area contributed by atoms with Crippen LogP contribution in [0.1, 0.15) is 60.7 Å². The van der Waals surface area contributed by atoms with Crippen molar-refractivity contribution in [2.24, 2.45) is 13.0 Å². The van der Waals surface area contributed by atoms with Crippen LogP contribution in [0.2, 0.25) is 0 Å². The van der Waals surface area contributed by atoms with Crippen LogP contribution in [-0.2, 0) is 18.4 Å². The first kappa shape index (κ1) is 19.4. The van der Waals surface area contributed by atoms with Crippen molar-refractivity contribution in [3.8, 4) is 0 Å². The fraction of sp³-hybridized carbons (Fsp3) is 0.524. The van der Waals surface area contributed by atoms with Gasteiger partial charge in [-0.25, -0.2) is 4.98 Å². The largest absolute Gasteiger partial charge is 0.352 e. The maximum absolute atomic E-state index is 12.9. The molecule has 8 nitrogen and oxygen atoms in total. The maximum atomic E-state index is 12.9. The first-order valence-corrected chi connectivity index (χ1v) is 10.3. The molecule has 29 heavy (non-hydrogen) atoms. The van der Waals surface area contributed by atoms with E-state index in [2.05, 4.69) is 15.6 Å². The van der Waals surface area contributed by atoms with E-state index >= 15 is 0 Å². The molecule has 2 fully saturated rings. The Kier molecular flexibility index (Phi) is 5.51. The number of hydrogen-bond donors (Lipinski definition) is 2. The van der Waals surface area contributed by atoms with Gasteiger partial charge in [-0.15, -0.1) is 0 Å². The molecule has 2 aliphatic rings. The topological polar surface area (TPSA) is 98.0 Å². The van der Waals surface area contributed by atoms with Gasteiger partial charge >= 0.3 is 0 Å². The Balaban J connectivity index is 1.46. The van der Waals surface area contributed by atoms with Crippen LogP contribution in [0.5, 0.6) is 0 Å². The Morgan fingerprint density at radius 1 is 1.21 bits per heavy atom. The molecule has 2 amide bonds. The van der Waals surface area contributed by atoms with E-state index in [0.717, 1.165) is 44.3 Å². The maximum Gasteiger partial charge on any atom is 0.253 e. The Bertz CT molecular complexity index is 953. The first-order valence-electron chi connectivity index (χ1n) is 10.3. The van der Waals surface area contributed by atoms with Crippen molar-refractivity contribution in [2.45, 2.75) is 57.2 Å². The molecular weight excluding hydrogens is 370 g/mol. The molecule has 8 heteroatoms. The van der Waals surface area contributed by atoms with Gasteiger partial charge in [0.05, 0.1) is 11.6 Å². The van der Waals surface area contributed by atoms with Crippen molar-refractivity contribution in [2.75, 3.05) is 0 Å². The lowest BCUT2D eigenvalue weighted by molar-refractivity contribution is -0.122. The van der Waals surface area contributed by atoms with Crippen LogP contribution in [-0.4, -0.2) is 32.0 Å². The number of rotatable bonds is 7. The minimum Gasteiger partial charge on any atom is -0.352 e.